The van der Waals surface area contributed by atoms with Gasteiger partial charge < -0.3 is 9.80 Å². The van der Waals surface area contributed by atoms with Crippen LogP contribution in [0.4, 0.5) is 5.13 Å². The molecule has 0 fully saturated rings. The first-order valence-electron chi connectivity index (χ1n) is 5.49. The van der Waals surface area contributed by atoms with Gasteiger partial charge in [-0.2, -0.15) is 0 Å². The average Bonchev–Trinajstić information content (AvgIpc) is 2.76. The van der Waals surface area contributed by atoms with Crippen molar-refractivity contribution >= 4 is 34.1 Å². The number of amides is 1. The normalized spacial score (nSPS) is 10.4. The minimum absolute atomic E-state index is 0.154. The molecule has 1 heterocycles. The Kier molecular flexibility index (Phi) is 5.70. The third-order valence-electron chi connectivity index (χ3n) is 2.21. The summed E-state index contributed by atoms with van der Waals surface area (Å²) in [6.45, 7) is 5.49. The molecule has 1 aromatic rings. The van der Waals surface area contributed by atoms with E-state index in [1.54, 1.807) is 0 Å². The van der Waals surface area contributed by atoms with Crippen molar-refractivity contribution in [3.63, 3.8) is 0 Å². The van der Waals surface area contributed by atoms with Gasteiger partial charge in [0.25, 0.3) is 0 Å². The number of rotatable bonds is 6. The first-order valence-corrected chi connectivity index (χ1v) is 7.30. The molecule has 1 aromatic heterocycles. The highest BCUT2D eigenvalue weighted by atomic mass is 32.2. The van der Waals surface area contributed by atoms with Gasteiger partial charge >= 0.3 is 0 Å². The van der Waals surface area contributed by atoms with Gasteiger partial charge in [0.2, 0.25) is 11.0 Å². The van der Waals surface area contributed by atoms with E-state index in [1.165, 1.54) is 23.1 Å². The minimum atomic E-state index is 0.154. The molecule has 0 aliphatic rings. The van der Waals surface area contributed by atoms with Crippen molar-refractivity contribution in [3.8, 4) is 0 Å². The Morgan fingerprint density at radius 1 is 1.29 bits per heavy atom. The highest BCUT2D eigenvalue weighted by molar-refractivity contribution is 8.01. The van der Waals surface area contributed by atoms with Gasteiger partial charge in [-0.05, 0) is 13.8 Å². The van der Waals surface area contributed by atoms with Crippen LogP contribution < -0.4 is 4.90 Å². The molecule has 1 amide bonds. The highest BCUT2D eigenvalue weighted by Gasteiger charge is 2.12. The van der Waals surface area contributed by atoms with Crippen molar-refractivity contribution in [2.24, 2.45) is 0 Å². The summed E-state index contributed by atoms with van der Waals surface area (Å²) in [4.78, 5) is 15.5. The molecular weight excluding hydrogens is 256 g/mol. The summed E-state index contributed by atoms with van der Waals surface area (Å²) >= 11 is 2.96. The van der Waals surface area contributed by atoms with Gasteiger partial charge in [0.1, 0.15) is 0 Å². The van der Waals surface area contributed by atoms with Crippen LogP contribution in [0.2, 0.25) is 0 Å². The fourth-order valence-corrected chi connectivity index (χ4v) is 2.90. The number of hydrogen-bond acceptors (Lipinski definition) is 6. The Morgan fingerprint density at radius 2 is 1.94 bits per heavy atom. The molecule has 5 nitrogen and oxygen atoms in total. The van der Waals surface area contributed by atoms with Gasteiger partial charge in [0, 0.05) is 27.2 Å². The molecular formula is C10H18N4OS2. The molecule has 1 rings (SSSR count). The van der Waals surface area contributed by atoms with Crippen LogP contribution in [0.25, 0.3) is 0 Å². The quantitative estimate of drug-likeness (QED) is 0.737. The summed E-state index contributed by atoms with van der Waals surface area (Å²) in [5.41, 5.74) is 0. The van der Waals surface area contributed by atoms with E-state index >= 15 is 0 Å². The third kappa shape index (κ3) is 4.16. The molecule has 0 atom stereocenters. The second-order valence-corrected chi connectivity index (χ2v) is 5.78. The number of carbonyl (C=O) groups is 1. The van der Waals surface area contributed by atoms with Gasteiger partial charge in [-0.3, -0.25) is 4.79 Å². The molecule has 0 unspecified atom stereocenters. The minimum Gasteiger partial charge on any atom is -0.353 e. The van der Waals surface area contributed by atoms with E-state index in [-0.39, 0.29) is 5.91 Å². The summed E-state index contributed by atoms with van der Waals surface area (Å²) in [5.74, 6) is 0.589. The smallest absolute Gasteiger partial charge is 0.233 e. The summed E-state index contributed by atoms with van der Waals surface area (Å²) < 4.78 is 0.842. The maximum Gasteiger partial charge on any atom is 0.233 e. The standard InChI is InChI=1S/C10H18N4OS2/c1-5-14(6-2)8(15)7-16-10-12-11-9(17-10)13(3)4/h5-7H2,1-4H3. The lowest BCUT2D eigenvalue weighted by atomic mass is 10.5. The van der Waals surface area contributed by atoms with E-state index < -0.39 is 0 Å². The van der Waals surface area contributed by atoms with Crippen LogP contribution in [0, 0.1) is 0 Å². The van der Waals surface area contributed by atoms with Gasteiger partial charge in [0.05, 0.1) is 5.75 Å². The van der Waals surface area contributed by atoms with E-state index in [4.69, 9.17) is 0 Å². The zero-order valence-corrected chi connectivity index (χ0v) is 12.3. The van der Waals surface area contributed by atoms with Gasteiger partial charge in [-0.1, -0.05) is 23.1 Å². The van der Waals surface area contributed by atoms with Crippen LogP contribution in [0.5, 0.6) is 0 Å². The van der Waals surface area contributed by atoms with Gasteiger partial charge in [-0.15, -0.1) is 10.2 Å². The largest absolute Gasteiger partial charge is 0.353 e. The molecule has 0 aliphatic carbocycles. The van der Waals surface area contributed by atoms with Crippen LogP contribution in [0.3, 0.4) is 0 Å². The zero-order chi connectivity index (χ0) is 12.8. The van der Waals surface area contributed by atoms with Crippen LogP contribution in [0.15, 0.2) is 4.34 Å². The number of anilines is 1. The Bertz CT molecular complexity index is 363. The SMILES string of the molecule is CCN(CC)C(=O)CSc1nnc(N(C)C)s1. The average molecular weight is 274 g/mol. The molecule has 0 spiro atoms. The van der Waals surface area contributed by atoms with E-state index in [2.05, 4.69) is 10.2 Å². The molecule has 0 saturated carbocycles. The number of hydrogen-bond donors (Lipinski definition) is 0. The third-order valence-corrected chi connectivity index (χ3v) is 4.42. The Balaban J connectivity index is 2.47. The first kappa shape index (κ1) is 14.2. The number of aromatic nitrogens is 2. The first-order chi connectivity index (χ1) is 8.08. The molecule has 7 heteroatoms. The lowest BCUT2D eigenvalue weighted by molar-refractivity contribution is -0.127. The number of carbonyl (C=O) groups excluding carboxylic acids is 1. The molecule has 17 heavy (non-hydrogen) atoms. The Morgan fingerprint density at radius 3 is 2.41 bits per heavy atom. The molecule has 0 saturated heterocycles. The van der Waals surface area contributed by atoms with Gasteiger partial charge in [0.15, 0.2) is 4.34 Å². The van der Waals surface area contributed by atoms with Gasteiger partial charge in [-0.25, -0.2) is 0 Å². The Hall–Kier alpha value is -0.820. The van der Waals surface area contributed by atoms with Crippen molar-refractivity contribution < 1.29 is 4.79 Å². The van der Waals surface area contributed by atoms with Crippen molar-refractivity contribution in [2.75, 3.05) is 37.8 Å². The van der Waals surface area contributed by atoms with E-state index in [0.717, 1.165) is 22.6 Å². The van der Waals surface area contributed by atoms with E-state index in [0.29, 0.717) is 5.75 Å². The van der Waals surface area contributed by atoms with Crippen molar-refractivity contribution in [1.82, 2.24) is 15.1 Å². The molecule has 0 aliphatic heterocycles. The van der Waals surface area contributed by atoms with Crippen molar-refractivity contribution in [2.45, 2.75) is 18.2 Å². The topological polar surface area (TPSA) is 49.3 Å². The second-order valence-electron chi connectivity index (χ2n) is 3.60. The van der Waals surface area contributed by atoms with Crippen LogP contribution in [-0.2, 0) is 4.79 Å². The predicted molar refractivity (Wildman–Crippen MR) is 72.9 cm³/mol. The number of thioether (sulfide) groups is 1. The van der Waals surface area contributed by atoms with Crippen LogP contribution >= 0.6 is 23.1 Å². The molecule has 96 valence electrons. The van der Waals surface area contributed by atoms with Crippen LogP contribution in [0.1, 0.15) is 13.8 Å². The molecule has 0 aromatic carbocycles. The van der Waals surface area contributed by atoms with E-state index in [9.17, 15) is 4.79 Å². The van der Waals surface area contributed by atoms with Crippen LogP contribution in [-0.4, -0.2) is 53.9 Å². The fraction of sp³-hybridized carbons (Fsp3) is 0.700. The van der Waals surface area contributed by atoms with E-state index in [1.807, 2.05) is 37.7 Å². The highest BCUT2D eigenvalue weighted by Crippen LogP contribution is 2.26. The summed E-state index contributed by atoms with van der Waals surface area (Å²) in [7, 11) is 3.85. The zero-order valence-electron chi connectivity index (χ0n) is 10.6. The maximum atomic E-state index is 11.8. The second kappa shape index (κ2) is 6.80. The molecule has 0 bridgehead atoms. The summed E-state index contributed by atoms with van der Waals surface area (Å²) in [6.07, 6.45) is 0. The maximum absolute atomic E-state index is 11.8. The number of nitrogens with zero attached hydrogens (tertiary/aromatic N) is 4. The predicted octanol–water partition coefficient (Wildman–Crippen LogP) is 1.56. The molecule has 0 N–H and O–H groups in total. The molecule has 0 radical (unpaired) electrons. The fourth-order valence-electron chi connectivity index (χ4n) is 1.23. The lowest BCUT2D eigenvalue weighted by Crippen LogP contribution is -2.31. The Labute approximate surface area is 110 Å². The monoisotopic (exact) mass is 274 g/mol. The lowest BCUT2D eigenvalue weighted by Gasteiger charge is -2.17. The van der Waals surface area contributed by atoms with Crippen molar-refractivity contribution in [1.29, 1.82) is 0 Å². The van der Waals surface area contributed by atoms with Crippen molar-refractivity contribution in [3.05, 3.63) is 0 Å². The summed E-state index contributed by atoms with van der Waals surface area (Å²) in [6, 6.07) is 0. The summed E-state index contributed by atoms with van der Waals surface area (Å²) in [5, 5.41) is 8.93.